The smallest absolute Gasteiger partial charge is 0.293 e. The fourth-order valence-corrected chi connectivity index (χ4v) is 10.5. The maximum absolute atomic E-state index is 15.6. The van der Waals surface area contributed by atoms with Crippen LogP contribution in [0.1, 0.15) is 66.0 Å². The second-order valence-corrected chi connectivity index (χ2v) is 18.7. The standard InChI is InChI=1S/C41H36ClF6N9O5S/c1-54-35-30(8-7-27(42)33(35)38(52-54)53-63(2,60)61)57-39(50-28-13-21(5-6-24(28)40(57)59)56-22-3-4-23(56)17-62-16-22)29(11-18-9-19(43)12-20(44)10-18)49-31(58)15-55-36-32(34(51-55)37(45)46)25-14-26(25)41(36,47)48/h5-10,12-13,22-23,25-26,29,37H,3-4,11,14-17H2,1-2H3,(H,49,58)(H,52,53)/t22?,23?,25-,26+,29-/m0/s1. The lowest BCUT2D eigenvalue weighted by atomic mass is 10.0. The second-order valence-electron chi connectivity index (χ2n) is 16.6. The second kappa shape index (κ2) is 14.7. The largest absolute Gasteiger partial charge is 0.377 e. The molecule has 5 atom stereocenters. The molecule has 63 heavy (non-hydrogen) atoms. The van der Waals surface area contributed by atoms with E-state index < -0.39 is 87.7 Å². The molecule has 22 heteroatoms. The number of rotatable bonds is 11. The van der Waals surface area contributed by atoms with E-state index in [1.54, 1.807) is 18.2 Å². The summed E-state index contributed by atoms with van der Waals surface area (Å²) in [6, 6.07) is 9.22. The Kier molecular flexibility index (Phi) is 9.64. The molecule has 2 unspecified atom stereocenters. The topological polar surface area (TPSA) is 158 Å². The number of morpholine rings is 1. The molecule has 5 heterocycles. The Morgan fingerprint density at radius 3 is 2.43 bits per heavy atom. The Labute approximate surface area is 358 Å². The van der Waals surface area contributed by atoms with Crippen molar-refractivity contribution in [1.82, 2.24) is 34.4 Å². The van der Waals surface area contributed by atoms with Gasteiger partial charge < -0.3 is 15.0 Å². The lowest BCUT2D eigenvalue weighted by molar-refractivity contribution is -0.123. The summed E-state index contributed by atoms with van der Waals surface area (Å²) in [4.78, 5) is 36.5. The molecule has 2 saturated heterocycles. The van der Waals surface area contributed by atoms with Crippen molar-refractivity contribution in [3.05, 3.63) is 104 Å². The van der Waals surface area contributed by atoms with Crippen molar-refractivity contribution in [1.29, 1.82) is 0 Å². The van der Waals surface area contributed by atoms with Gasteiger partial charge in [-0.15, -0.1) is 0 Å². The maximum atomic E-state index is 15.6. The van der Waals surface area contributed by atoms with Crippen LogP contribution in [0.3, 0.4) is 0 Å². The van der Waals surface area contributed by atoms with E-state index in [1.807, 2.05) is 0 Å². The number of hydrogen-bond donors (Lipinski definition) is 2. The molecule has 0 spiro atoms. The molecule has 2 bridgehead atoms. The normalized spacial score (nSPS) is 21.6. The van der Waals surface area contributed by atoms with Gasteiger partial charge in [0.2, 0.25) is 15.9 Å². The van der Waals surface area contributed by atoms with E-state index in [4.69, 9.17) is 21.3 Å². The molecule has 2 aliphatic heterocycles. The molecule has 2 N–H and O–H groups in total. The van der Waals surface area contributed by atoms with E-state index in [1.165, 1.54) is 23.9 Å². The summed E-state index contributed by atoms with van der Waals surface area (Å²) in [5.74, 6) is -8.88. The van der Waals surface area contributed by atoms with Gasteiger partial charge in [0, 0.05) is 36.7 Å². The molecule has 4 aliphatic rings. The number of anilines is 2. The van der Waals surface area contributed by atoms with Crippen LogP contribution >= 0.6 is 11.6 Å². The SMILES string of the molecule is Cn1nc(NS(C)(=O)=O)c2c(Cl)ccc(-n3c([C@H](Cc4cc(F)cc(F)c4)NC(=O)Cn4nc(C(F)F)c5c4C(F)(F)[C@@H]4C[C@H]54)nc4cc(N5C6CCC5COC6)ccc4c3=O)c21. The van der Waals surface area contributed by atoms with Gasteiger partial charge in [-0.3, -0.25) is 28.2 Å². The van der Waals surface area contributed by atoms with Gasteiger partial charge >= 0.3 is 0 Å². The first-order chi connectivity index (χ1) is 29.9. The van der Waals surface area contributed by atoms with Gasteiger partial charge in [-0.2, -0.15) is 19.0 Å². The number of alkyl halides is 4. The number of carbonyl (C=O) groups excluding carboxylic acids is 1. The molecular formula is C41H36ClF6N9O5S. The molecule has 330 valence electrons. The van der Waals surface area contributed by atoms with E-state index in [0.29, 0.717) is 24.0 Å². The van der Waals surface area contributed by atoms with E-state index in [0.717, 1.165) is 41.5 Å². The third kappa shape index (κ3) is 6.98. The number of amides is 1. The molecule has 3 aromatic carbocycles. The zero-order valence-corrected chi connectivity index (χ0v) is 34.8. The number of hydrogen-bond acceptors (Lipinski definition) is 9. The van der Waals surface area contributed by atoms with Crippen molar-refractivity contribution in [2.45, 2.75) is 68.6 Å². The molecule has 3 aromatic heterocycles. The van der Waals surface area contributed by atoms with Crippen molar-refractivity contribution in [2.75, 3.05) is 29.1 Å². The van der Waals surface area contributed by atoms with Gasteiger partial charge in [0.15, 0.2) is 5.82 Å². The van der Waals surface area contributed by atoms with Crippen LogP contribution in [-0.2, 0) is 45.5 Å². The number of halogens is 7. The minimum Gasteiger partial charge on any atom is -0.377 e. The summed E-state index contributed by atoms with van der Waals surface area (Å²) in [5.41, 5.74) is -1.51. The predicted molar refractivity (Wildman–Crippen MR) is 218 cm³/mol. The molecule has 2 aliphatic carbocycles. The average molecular weight is 916 g/mol. The fraction of sp³-hybridized carbons (Fsp3) is 0.390. The summed E-state index contributed by atoms with van der Waals surface area (Å²) in [7, 11) is -2.43. The predicted octanol–water partition coefficient (Wildman–Crippen LogP) is 6.39. The quantitative estimate of drug-likeness (QED) is 0.141. The number of sulfonamides is 1. The van der Waals surface area contributed by atoms with Gasteiger partial charge in [-0.1, -0.05) is 11.6 Å². The number of nitrogens with one attached hydrogen (secondary N) is 2. The number of ether oxygens (including phenoxy) is 1. The summed E-state index contributed by atoms with van der Waals surface area (Å²) < 4.78 is 125. The lowest BCUT2D eigenvalue weighted by Crippen LogP contribution is -2.46. The molecule has 14 nitrogen and oxygen atoms in total. The van der Waals surface area contributed by atoms with E-state index >= 15 is 13.6 Å². The Morgan fingerprint density at radius 2 is 1.75 bits per heavy atom. The zero-order valence-electron chi connectivity index (χ0n) is 33.3. The fourth-order valence-electron chi connectivity index (χ4n) is 9.78. The Balaban J connectivity index is 1.17. The first kappa shape index (κ1) is 41.3. The van der Waals surface area contributed by atoms with Gasteiger partial charge in [0.25, 0.3) is 17.9 Å². The van der Waals surface area contributed by atoms with Crippen LogP contribution in [0.5, 0.6) is 0 Å². The lowest BCUT2D eigenvalue weighted by Gasteiger charge is -2.36. The van der Waals surface area contributed by atoms with Crippen LogP contribution in [0.25, 0.3) is 27.5 Å². The first-order valence-electron chi connectivity index (χ1n) is 20.0. The highest BCUT2D eigenvalue weighted by Crippen LogP contribution is 2.68. The number of benzene rings is 3. The maximum Gasteiger partial charge on any atom is 0.293 e. The van der Waals surface area contributed by atoms with Crippen molar-refractivity contribution in [3.63, 3.8) is 0 Å². The van der Waals surface area contributed by atoms with Crippen LogP contribution in [-0.4, -0.2) is 75.0 Å². The number of fused-ring (bicyclic) bond motifs is 7. The Bertz CT molecular complexity index is 3050. The summed E-state index contributed by atoms with van der Waals surface area (Å²) in [6.45, 7) is 0.0193. The molecule has 6 aromatic rings. The van der Waals surface area contributed by atoms with Crippen molar-refractivity contribution in [2.24, 2.45) is 13.0 Å². The van der Waals surface area contributed by atoms with Crippen LogP contribution < -0.4 is 20.5 Å². The number of carbonyl (C=O) groups is 1. The molecule has 1 saturated carbocycles. The summed E-state index contributed by atoms with van der Waals surface area (Å²) in [6.07, 6.45) is -0.964. The highest BCUT2D eigenvalue weighted by Gasteiger charge is 2.67. The third-order valence-corrected chi connectivity index (χ3v) is 13.2. The highest BCUT2D eigenvalue weighted by atomic mass is 35.5. The van der Waals surface area contributed by atoms with Gasteiger partial charge in [0.1, 0.15) is 35.4 Å². The highest BCUT2D eigenvalue weighted by molar-refractivity contribution is 7.92. The third-order valence-electron chi connectivity index (χ3n) is 12.3. The summed E-state index contributed by atoms with van der Waals surface area (Å²) >= 11 is 6.66. The molecule has 0 radical (unpaired) electrons. The monoisotopic (exact) mass is 915 g/mol. The minimum absolute atomic E-state index is 0.00401. The van der Waals surface area contributed by atoms with Crippen LogP contribution in [0, 0.1) is 17.6 Å². The van der Waals surface area contributed by atoms with Gasteiger partial charge in [0.05, 0.1) is 70.1 Å². The zero-order chi connectivity index (χ0) is 44.4. The van der Waals surface area contributed by atoms with Crippen LogP contribution in [0.15, 0.2) is 53.3 Å². The van der Waals surface area contributed by atoms with Gasteiger partial charge in [-0.05, 0) is 73.2 Å². The van der Waals surface area contributed by atoms with Gasteiger partial charge in [-0.25, -0.2) is 31.0 Å². The van der Waals surface area contributed by atoms with E-state index in [2.05, 4.69) is 25.1 Å². The average Bonchev–Trinajstić information content (AvgIpc) is 3.64. The summed E-state index contributed by atoms with van der Waals surface area (Å²) in [5, 5.41) is 11.0. The van der Waals surface area contributed by atoms with Crippen molar-refractivity contribution in [3.8, 4) is 5.69 Å². The Hall–Kier alpha value is -5.67. The van der Waals surface area contributed by atoms with Crippen LogP contribution in [0.2, 0.25) is 5.02 Å². The molecule has 3 fully saturated rings. The number of aryl methyl sites for hydroxylation is 1. The van der Waals surface area contributed by atoms with Crippen molar-refractivity contribution >= 4 is 60.8 Å². The number of nitrogens with zero attached hydrogens (tertiary/aromatic N) is 7. The van der Waals surface area contributed by atoms with E-state index in [9.17, 15) is 30.8 Å². The minimum atomic E-state index is -3.90. The first-order valence-corrected chi connectivity index (χ1v) is 22.2. The van der Waals surface area contributed by atoms with Crippen molar-refractivity contribution < 1.29 is 44.3 Å². The molecule has 10 rings (SSSR count). The Morgan fingerprint density at radius 1 is 1.03 bits per heavy atom. The molecule has 1 amide bonds. The van der Waals surface area contributed by atoms with E-state index in [-0.39, 0.29) is 73.8 Å². The molecular weight excluding hydrogens is 880 g/mol. The van der Waals surface area contributed by atoms with Crippen LogP contribution in [0.4, 0.5) is 37.8 Å². The number of aromatic nitrogens is 6.